The molecule has 2 N–H and O–H groups in total. The lowest BCUT2D eigenvalue weighted by Gasteiger charge is -2.10. The van der Waals surface area contributed by atoms with E-state index in [1.54, 1.807) is 24.8 Å². The molecule has 0 saturated heterocycles. The van der Waals surface area contributed by atoms with E-state index in [2.05, 4.69) is 41.0 Å². The zero-order valence-corrected chi connectivity index (χ0v) is 15.5. The number of aliphatic hydroxyl groups is 1. The highest BCUT2D eigenvalue weighted by Gasteiger charge is 2.26. The maximum absolute atomic E-state index is 10.2. The zero-order valence-electron chi connectivity index (χ0n) is 13.9. The van der Waals surface area contributed by atoms with E-state index in [0.717, 1.165) is 28.7 Å². The van der Waals surface area contributed by atoms with Crippen LogP contribution in [0.25, 0.3) is 5.57 Å². The van der Waals surface area contributed by atoms with Gasteiger partial charge in [0.2, 0.25) is 0 Å². The fourth-order valence-corrected chi connectivity index (χ4v) is 2.71. The van der Waals surface area contributed by atoms with Crippen LogP contribution in [0.3, 0.4) is 0 Å². The summed E-state index contributed by atoms with van der Waals surface area (Å²) in [7, 11) is 0. The largest absolute Gasteiger partial charge is 0.368 e. The lowest BCUT2D eigenvalue weighted by Crippen LogP contribution is -2.15. The number of aromatic nitrogens is 4. The second-order valence-corrected chi connectivity index (χ2v) is 6.66. The minimum Gasteiger partial charge on any atom is -0.368 e. The summed E-state index contributed by atoms with van der Waals surface area (Å²) >= 11 is 3.37. The standard InChI is InChI=1S/C18H20BrN5O/c1-2-3-4-13(17-23-22-12-24(17)15-5-6-15)7-9-21-18(25)16-11-14(19)8-10-20-16/h2-4,7-12,15,18,21,25H,5-6H2,1H3/b3-2-,9-7+,13-4+. The van der Waals surface area contributed by atoms with Crippen molar-refractivity contribution < 1.29 is 5.11 Å². The van der Waals surface area contributed by atoms with Crippen molar-refractivity contribution in [2.24, 2.45) is 0 Å². The molecule has 0 radical (unpaired) electrons. The van der Waals surface area contributed by atoms with Crippen LogP contribution in [0.5, 0.6) is 0 Å². The highest BCUT2D eigenvalue weighted by molar-refractivity contribution is 9.10. The normalized spacial score (nSPS) is 16.7. The van der Waals surface area contributed by atoms with Crippen molar-refractivity contribution in [1.82, 2.24) is 25.1 Å². The number of pyridine rings is 1. The number of allylic oxidation sites excluding steroid dienone is 5. The second kappa shape index (κ2) is 8.22. The molecule has 7 heteroatoms. The van der Waals surface area contributed by atoms with E-state index in [4.69, 9.17) is 0 Å². The van der Waals surface area contributed by atoms with Gasteiger partial charge >= 0.3 is 0 Å². The first-order chi connectivity index (χ1) is 12.2. The van der Waals surface area contributed by atoms with Gasteiger partial charge < -0.3 is 15.0 Å². The van der Waals surface area contributed by atoms with E-state index < -0.39 is 6.23 Å². The Morgan fingerprint density at radius 2 is 2.32 bits per heavy atom. The predicted octanol–water partition coefficient (Wildman–Crippen LogP) is 3.52. The molecule has 0 aliphatic heterocycles. The van der Waals surface area contributed by atoms with Crippen LogP contribution >= 0.6 is 15.9 Å². The highest BCUT2D eigenvalue weighted by atomic mass is 79.9. The lowest BCUT2D eigenvalue weighted by atomic mass is 10.2. The van der Waals surface area contributed by atoms with Crippen molar-refractivity contribution in [2.45, 2.75) is 32.0 Å². The summed E-state index contributed by atoms with van der Waals surface area (Å²) < 4.78 is 2.97. The van der Waals surface area contributed by atoms with Gasteiger partial charge in [-0.05, 0) is 44.2 Å². The van der Waals surface area contributed by atoms with Crippen LogP contribution in [-0.2, 0) is 0 Å². The van der Waals surface area contributed by atoms with Crippen LogP contribution in [0, 0.1) is 0 Å². The number of rotatable bonds is 7. The molecule has 6 nitrogen and oxygen atoms in total. The van der Waals surface area contributed by atoms with Gasteiger partial charge in [-0.1, -0.05) is 34.2 Å². The average molecular weight is 402 g/mol. The Morgan fingerprint density at radius 1 is 1.48 bits per heavy atom. The van der Waals surface area contributed by atoms with E-state index in [0.29, 0.717) is 11.7 Å². The molecule has 2 heterocycles. The first-order valence-corrected chi connectivity index (χ1v) is 8.93. The molecule has 1 unspecified atom stereocenters. The molecule has 1 atom stereocenters. The van der Waals surface area contributed by atoms with Crippen LogP contribution in [-0.4, -0.2) is 24.9 Å². The maximum atomic E-state index is 10.2. The Balaban J connectivity index is 1.74. The first-order valence-electron chi connectivity index (χ1n) is 8.14. The molecule has 2 aromatic rings. The van der Waals surface area contributed by atoms with Crippen molar-refractivity contribution >= 4 is 21.5 Å². The first kappa shape index (κ1) is 17.6. The van der Waals surface area contributed by atoms with E-state index >= 15 is 0 Å². The molecule has 0 spiro atoms. The molecule has 0 aromatic carbocycles. The van der Waals surface area contributed by atoms with Crippen molar-refractivity contribution in [3.8, 4) is 0 Å². The Morgan fingerprint density at radius 3 is 3.04 bits per heavy atom. The summed E-state index contributed by atoms with van der Waals surface area (Å²) in [5.74, 6) is 0.828. The van der Waals surface area contributed by atoms with Crippen molar-refractivity contribution in [3.63, 3.8) is 0 Å². The molecular formula is C18H20BrN5O. The second-order valence-electron chi connectivity index (χ2n) is 5.74. The molecule has 2 aromatic heterocycles. The topological polar surface area (TPSA) is 75.9 Å². The summed E-state index contributed by atoms with van der Waals surface area (Å²) in [6.45, 7) is 1.96. The summed E-state index contributed by atoms with van der Waals surface area (Å²) in [5, 5.41) is 21.4. The fraction of sp³-hybridized carbons (Fsp3) is 0.278. The maximum Gasteiger partial charge on any atom is 0.167 e. The molecule has 1 fully saturated rings. The van der Waals surface area contributed by atoms with Gasteiger partial charge in [-0.2, -0.15) is 0 Å². The van der Waals surface area contributed by atoms with E-state index in [1.165, 1.54) is 0 Å². The number of hydrogen-bond acceptors (Lipinski definition) is 5. The van der Waals surface area contributed by atoms with E-state index in [9.17, 15) is 5.11 Å². The number of hydrogen-bond donors (Lipinski definition) is 2. The molecule has 1 aliphatic carbocycles. The quantitative estimate of drug-likeness (QED) is 0.548. The smallest absolute Gasteiger partial charge is 0.167 e. The minimum absolute atomic E-state index is 0.497. The fourth-order valence-electron chi connectivity index (χ4n) is 2.36. The van der Waals surface area contributed by atoms with E-state index in [1.807, 2.05) is 37.3 Å². The van der Waals surface area contributed by atoms with E-state index in [-0.39, 0.29) is 0 Å². The SMILES string of the molecule is C\C=C/C=C(\C=C\NC(O)c1cc(Br)ccn1)c1nncn1C1CC1. The van der Waals surface area contributed by atoms with Gasteiger partial charge in [0, 0.05) is 22.3 Å². The zero-order chi connectivity index (χ0) is 17.6. The molecule has 3 rings (SSSR count). The Labute approximate surface area is 155 Å². The molecule has 0 amide bonds. The molecule has 1 saturated carbocycles. The number of nitrogens with zero attached hydrogens (tertiary/aromatic N) is 4. The molecule has 25 heavy (non-hydrogen) atoms. The third kappa shape index (κ3) is 4.64. The summed E-state index contributed by atoms with van der Waals surface area (Å²) in [5.41, 5.74) is 1.46. The summed E-state index contributed by atoms with van der Waals surface area (Å²) in [4.78, 5) is 4.15. The minimum atomic E-state index is -0.891. The number of halogens is 1. The van der Waals surface area contributed by atoms with Crippen molar-refractivity contribution in [1.29, 1.82) is 0 Å². The number of aliphatic hydroxyl groups excluding tert-OH is 1. The van der Waals surface area contributed by atoms with Crippen LogP contribution in [0.4, 0.5) is 0 Å². The summed E-state index contributed by atoms with van der Waals surface area (Å²) in [6, 6.07) is 4.08. The molecule has 130 valence electrons. The average Bonchev–Trinajstić information content (AvgIpc) is 3.35. The van der Waals surface area contributed by atoms with Crippen LogP contribution in [0.2, 0.25) is 0 Å². The molecular weight excluding hydrogens is 382 g/mol. The van der Waals surface area contributed by atoms with Gasteiger partial charge in [0.1, 0.15) is 6.33 Å². The van der Waals surface area contributed by atoms with Gasteiger partial charge in [-0.25, -0.2) is 0 Å². The van der Waals surface area contributed by atoms with Crippen molar-refractivity contribution in [3.05, 3.63) is 71.2 Å². The van der Waals surface area contributed by atoms with Gasteiger partial charge in [-0.15, -0.1) is 10.2 Å². The third-order valence-electron chi connectivity index (χ3n) is 3.78. The van der Waals surface area contributed by atoms with Gasteiger partial charge in [0.05, 0.1) is 5.69 Å². The van der Waals surface area contributed by atoms with Crippen LogP contribution in [0.15, 0.2) is 59.6 Å². The number of nitrogens with one attached hydrogen (secondary N) is 1. The van der Waals surface area contributed by atoms with Gasteiger partial charge in [0.25, 0.3) is 0 Å². The molecule has 1 aliphatic rings. The Bertz CT molecular complexity index is 807. The lowest BCUT2D eigenvalue weighted by molar-refractivity contribution is 0.151. The Hall–Kier alpha value is -2.25. The Kier molecular flexibility index (Phi) is 5.78. The summed E-state index contributed by atoms with van der Waals surface area (Å²) in [6.07, 6.45) is 14.3. The predicted molar refractivity (Wildman–Crippen MR) is 100 cm³/mol. The van der Waals surface area contributed by atoms with Crippen molar-refractivity contribution in [2.75, 3.05) is 0 Å². The monoisotopic (exact) mass is 401 g/mol. The van der Waals surface area contributed by atoms with Crippen LogP contribution < -0.4 is 5.32 Å². The van der Waals surface area contributed by atoms with Gasteiger partial charge in [0.15, 0.2) is 12.1 Å². The molecule has 0 bridgehead atoms. The van der Waals surface area contributed by atoms with Gasteiger partial charge in [-0.3, -0.25) is 4.98 Å². The third-order valence-corrected chi connectivity index (χ3v) is 4.27. The highest BCUT2D eigenvalue weighted by Crippen LogP contribution is 2.36. The van der Waals surface area contributed by atoms with Crippen LogP contribution in [0.1, 0.15) is 43.6 Å².